The summed E-state index contributed by atoms with van der Waals surface area (Å²) in [4.78, 5) is 17.5. The van der Waals surface area contributed by atoms with Gasteiger partial charge in [0.25, 0.3) is 5.91 Å². The number of anilines is 1. The molecule has 1 N–H and O–H groups in total. The molecule has 30 heavy (non-hydrogen) atoms. The number of nitrogens with zero attached hydrogens (tertiary/aromatic N) is 5. The topological polar surface area (TPSA) is 65.8 Å². The molecular formula is C22H25FN6O. The number of amides is 1. The normalized spacial score (nSPS) is 20.5. The molecule has 1 saturated heterocycles. The van der Waals surface area contributed by atoms with Crippen LogP contribution in [0.25, 0.3) is 5.65 Å². The maximum Gasteiger partial charge on any atom is 0.257 e. The van der Waals surface area contributed by atoms with Crippen LogP contribution in [-0.2, 0) is 0 Å². The first-order chi connectivity index (χ1) is 14.6. The van der Waals surface area contributed by atoms with Gasteiger partial charge < -0.3 is 5.32 Å². The van der Waals surface area contributed by atoms with Gasteiger partial charge >= 0.3 is 0 Å². The first-order valence-corrected chi connectivity index (χ1v) is 10.4. The van der Waals surface area contributed by atoms with Crippen LogP contribution < -0.4 is 5.32 Å². The van der Waals surface area contributed by atoms with E-state index in [1.807, 2.05) is 4.40 Å². The molecule has 1 aliphatic carbocycles. The van der Waals surface area contributed by atoms with Gasteiger partial charge in [-0.3, -0.25) is 19.0 Å². The van der Waals surface area contributed by atoms with E-state index in [-0.39, 0.29) is 17.6 Å². The highest BCUT2D eigenvalue weighted by Crippen LogP contribution is 2.32. The Morgan fingerprint density at radius 1 is 1.17 bits per heavy atom. The summed E-state index contributed by atoms with van der Waals surface area (Å²) in [6.07, 6.45) is 4.42. The van der Waals surface area contributed by atoms with Gasteiger partial charge in [0, 0.05) is 32.4 Å². The average molecular weight is 408 g/mol. The van der Waals surface area contributed by atoms with Crippen molar-refractivity contribution in [2.24, 2.45) is 5.92 Å². The van der Waals surface area contributed by atoms with E-state index in [9.17, 15) is 9.18 Å². The van der Waals surface area contributed by atoms with Crippen molar-refractivity contribution in [3.63, 3.8) is 0 Å². The number of carbonyl (C=O) groups is 1. The van der Waals surface area contributed by atoms with Gasteiger partial charge in [-0.1, -0.05) is 12.1 Å². The molecule has 1 aromatic carbocycles. The van der Waals surface area contributed by atoms with Crippen molar-refractivity contribution in [2.45, 2.75) is 18.9 Å². The van der Waals surface area contributed by atoms with E-state index in [0.717, 1.165) is 37.9 Å². The van der Waals surface area contributed by atoms with Gasteiger partial charge in [-0.25, -0.2) is 4.39 Å². The molecule has 0 radical (unpaired) electrons. The fourth-order valence-corrected chi connectivity index (χ4v) is 4.07. The number of carbonyl (C=O) groups excluding carboxylic acids is 1. The molecule has 1 unspecified atom stereocenters. The lowest BCUT2D eigenvalue weighted by Crippen LogP contribution is -2.47. The summed E-state index contributed by atoms with van der Waals surface area (Å²) < 4.78 is 15.8. The van der Waals surface area contributed by atoms with Crippen LogP contribution in [0.5, 0.6) is 0 Å². The number of para-hydroxylation sites is 1. The summed E-state index contributed by atoms with van der Waals surface area (Å²) in [5.41, 5.74) is 1.29. The summed E-state index contributed by atoms with van der Waals surface area (Å²) in [6, 6.07) is 9.72. The highest BCUT2D eigenvalue weighted by atomic mass is 19.1. The van der Waals surface area contributed by atoms with Crippen LogP contribution in [0.1, 0.15) is 35.1 Å². The van der Waals surface area contributed by atoms with Crippen molar-refractivity contribution < 1.29 is 9.18 Å². The third kappa shape index (κ3) is 3.80. The van der Waals surface area contributed by atoms with Crippen molar-refractivity contribution in [1.82, 2.24) is 24.4 Å². The van der Waals surface area contributed by atoms with E-state index in [1.54, 1.807) is 36.5 Å². The van der Waals surface area contributed by atoms with Gasteiger partial charge in [-0.15, -0.1) is 10.2 Å². The zero-order valence-corrected chi connectivity index (χ0v) is 17.0. The summed E-state index contributed by atoms with van der Waals surface area (Å²) in [5, 5.41) is 11.4. The predicted octanol–water partition coefficient (Wildman–Crippen LogP) is 2.82. The maximum absolute atomic E-state index is 13.9. The molecule has 7 nitrogen and oxygen atoms in total. The molecule has 1 saturated carbocycles. The van der Waals surface area contributed by atoms with E-state index < -0.39 is 5.82 Å². The van der Waals surface area contributed by atoms with Gasteiger partial charge in [-0.2, -0.15) is 0 Å². The lowest BCUT2D eigenvalue weighted by atomic mass is 10.1. The second-order valence-corrected chi connectivity index (χ2v) is 8.34. The van der Waals surface area contributed by atoms with Crippen molar-refractivity contribution in [1.29, 1.82) is 0 Å². The zero-order valence-electron chi connectivity index (χ0n) is 17.0. The van der Waals surface area contributed by atoms with Gasteiger partial charge in [0.1, 0.15) is 5.82 Å². The predicted molar refractivity (Wildman–Crippen MR) is 112 cm³/mol. The van der Waals surface area contributed by atoms with Gasteiger partial charge in [-0.05, 0) is 50.1 Å². The van der Waals surface area contributed by atoms with Gasteiger partial charge in [0.15, 0.2) is 11.5 Å². The Bertz CT molecular complexity index is 1080. The monoisotopic (exact) mass is 408 g/mol. The van der Waals surface area contributed by atoms with Gasteiger partial charge in [0.2, 0.25) is 0 Å². The number of benzene rings is 1. The number of aromatic nitrogens is 3. The average Bonchev–Trinajstić information content (AvgIpc) is 3.47. The molecular weight excluding hydrogens is 383 g/mol. The van der Waals surface area contributed by atoms with Crippen LogP contribution in [0.2, 0.25) is 0 Å². The summed E-state index contributed by atoms with van der Waals surface area (Å²) >= 11 is 0. The fourth-order valence-electron chi connectivity index (χ4n) is 4.07. The highest BCUT2D eigenvalue weighted by Gasteiger charge is 2.32. The van der Waals surface area contributed by atoms with E-state index in [1.165, 1.54) is 18.9 Å². The third-order valence-electron chi connectivity index (χ3n) is 6.06. The molecule has 2 fully saturated rings. The van der Waals surface area contributed by atoms with Crippen LogP contribution in [0, 0.1) is 11.7 Å². The minimum absolute atomic E-state index is 0.109. The van der Waals surface area contributed by atoms with Crippen LogP contribution in [0.15, 0.2) is 42.6 Å². The smallest absolute Gasteiger partial charge is 0.257 e. The molecule has 0 bridgehead atoms. The first kappa shape index (κ1) is 19.1. The minimum atomic E-state index is -0.462. The van der Waals surface area contributed by atoms with Crippen molar-refractivity contribution in [3.05, 3.63) is 59.8 Å². The number of hydrogen-bond acceptors (Lipinski definition) is 5. The number of hydrogen-bond donors (Lipinski definition) is 1. The number of piperazine rings is 1. The molecule has 1 aliphatic heterocycles. The number of nitrogens with one attached hydrogen (secondary N) is 1. The van der Waals surface area contributed by atoms with Crippen LogP contribution >= 0.6 is 0 Å². The van der Waals surface area contributed by atoms with E-state index >= 15 is 0 Å². The molecule has 3 aromatic rings. The van der Waals surface area contributed by atoms with E-state index in [4.69, 9.17) is 0 Å². The fraction of sp³-hybridized carbons (Fsp3) is 0.409. The summed E-state index contributed by atoms with van der Waals surface area (Å²) in [5.74, 6) is 0.844. The molecule has 2 aliphatic rings. The van der Waals surface area contributed by atoms with Crippen LogP contribution in [-0.4, -0.2) is 63.5 Å². The van der Waals surface area contributed by atoms with Crippen LogP contribution in [0.3, 0.4) is 0 Å². The first-order valence-electron chi connectivity index (χ1n) is 10.4. The number of halogens is 1. The minimum Gasteiger partial charge on any atom is -0.319 e. The third-order valence-corrected chi connectivity index (χ3v) is 6.06. The number of fused-ring (bicyclic) bond motifs is 1. The number of rotatable bonds is 5. The van der Waals surface area contributed by atoms with Crippen molar-refractivity contribution in [2.75, 3.05) is 38.5 Å². The van der Waals surface area contributed by atoms with Crippen molar-refractivity contribution >= 4 is 17.2 Å². The molecule has 0 spiro atoms. The molecule has 1 amide bonds. The Morgan fingerprint density at radius 3 is 2.80 bits per heavy atom. The second-order valence-electron chi connectivity index (χ2n) is 8.34. The SMILES string of the molecule is CN1CCN(CC2CC2)CC1c1nnc2ccc(C(=O)Nc3ccccc3F)cn12. The molecule has 8 heteroatoms. The zero-order chi connectivity index (χ0) is 20.7. The number of pyridine rings is 1. The largest absolute Gasteiger partial charge is 0.319 e. The Morgan fingerprint density at radius 2 is 2.00 bits per heavy atom. The quantitative estimate of drug-likeness (QED) is 0.703. The highest BCUT2D eigenvalue weighted by molar-refractivity contribution is 6.04. The maximum atomic E-state index is 13.9. The lowest BCUT2D eigenvalue weighted by molar-refractivity contribution is 0.0870. The molecule has 3 heterocycles. The second kappa shape index (κ2) is 7.77. The summed E-state index contributed by atoms with van der Waals surface area (Å²) in [6.45, 7) is 4.09. The number of likely N-dealkylation sites (N-methyl/N-ethyl adjacent to an activating group) is 1. The Hall–Kier alpha value is -2.84. The van der Waals surface area contributed by atoms with E-state index in [0.29, 0.717) is 11.2 Å². The summed E-state index contributed by atoms with van der Waals surface area (Å²) in [7, 11) is 2.11. The molecule has 5 rings (SSSR count). The lowest BCUT2D eigenvalue weighted by Gasteiger charge is -2.38. The van der Waals surface area contributed by atoms with E-state index in [2.05, 4.69) is 32.4 Å². The Kier molecular flexibility index (Phi) is 4.96. The Labute approximate surface area is 174 Å². The Balaban J connectivity index is 1.41. The van der Waals surface area contributed by atoms with Crippen LogP contribution in [0.4, 0.5) is 10.1 Å². The molecule has 1 atom stereocenters. The molecule has 2 aromatic heterocycles. The standard InChI is InChI=1S/C22H25FN6O/c1-27-10-11-28(12-15-6-7-15)14-19(27)21-26-25-20-9-8-16(13-29(20)21)22(30)24-18-5-3-2-4-17(18)23/h2-5,8-9,13,15,19H,6-7,10-12,14H2,1H3,(H,24,30). The molecule has 156 valence electrons. The van der Waals surface area contributed by atoms with Crippen molar-refractivity contribution in [3.8, 4) is 0 Å². The van der Waals surface area contributed by atoms with Gasteiger partial charge in [0.05, 0.1) is 17.3 Å².